The average molecular weight is 342 g/mol. The number of hydrogen-bond donors (Lipinski definition) is 1. The minimum absolute atomic E-state index is 0.106. The molecule has 1 N–H and O–H groups in total. The molecule has 25 heavy (non-hydrogen) atoms. The molecule has 3 aliphatic rings. The van der Waals surface area contributed by atoms with Gasteiger partial charge in [-0.15, -0.1) is 0 Å². The third-order valence-corrected chi connectivity index (χ3v) is 6.41. The molecule has 2 bridgehead atoms. The van der Waals surface area contributed by atoms with Gasteiger partial charge in [-0.25, -0.2) is 0 Å². The molecule has 0 saturated carbocycles. The molecule has 0 aromatic carbocycles. The van der Waals surface area contributed by atoms with Crippen LogP contribution in [-0.2, 0) is 9.31 Å². The van der Waals surface area contributed by atoms with Crippen LogP contribution in [0.1, 0.15) is 63.7 Å². The molecule has 4 heterocycles. The van der Waals surface area contributed by atoms with E-state index in [4.69, 9.17) is 9.31 Å². The molecular weight excluding hydrogens is 315 g/mol. The fourth-order valence-electron chi connectivity index (χ4n) is 4.21. The van der Waals surface area contributed by atoms with E-state index in [9.17, 15) is 4.79 Å². The number of pyridine rings is 1. The van der Waals surface area contributed by atoms with E-state index in [0.717, 1.165) is 18.3 Å². The van der Waals surface area contributed by atoms with Crippen LogP contribution in [0.2, 0.25) is 0 Å². The zero-order valence-electron chi connectivity index (χ0n) is 15.5. The first kappa shape index (κ1) is 17.2. The van der Waals surface area contributed by atoms with Gasteiger partial charge in [0.15, 0.2) is 5.78 Å². The van der Waals surface area contributed by atoms with Gasteiger partial charge in [-0.05, 0) is 59.4 Å². The molecule has 3 fully saturated rings. The van der Waals surface area contributed by atoms with Crippen molar-refractivity contribution in [1.82, 2.24) is 10.3 Å². The van der Waals surface area contributed by atoms with Gasteiger partial charge in [-0.3, -0.25) is 9.78 Å². The van der Waals surface area contributed by atoms with Crippen LogP contribution in [0.3, 0.4) is 0 Å². The fourth-order valence-corrected chi connectivity index (χ4v) is 4.21. The Morgan fingerprint density at radius 2 is 1.72 bits per heavy atom. The molecule has 1 aromatic heterocycles. The van der Waals surface area contributed by atoms with E-state index in [0.29, 0.717) is 17.6 Å². The Labute approximate surface area is 150 Å². The summed E-state index contributed by atoms with van der Waals surface area (Å²) < 4.78 is 12.2. The molecule has 2 atom stereocenters. The lowest BCUT2D eigenvalue weighted by atomic mass is 9.78. The van der Waals surface area contributed by atoms with Gasteiger partial charge < -0.3 is 14.6 Å². The smallest absolute Gasteiger partial charge is 0.399 e. The van der Waals surface area contributed by atoms with Crippen LogP contribution >= 0.6 is 0 Å². The molecule has 0 spiro atoms. The second-order valence-corrected chi connectivity index (χ2v) is 8.77. The number of hydrogen-bond acceptors (Lipinski definition) is 5. The lowest BCUT2D eigenvalue weighted by molar-refractivity contribution is 0.00578. The van der Waals surface area contributed by atoms with Crippen LogP contribution in [-0.4, -0.2) is 41.2 Å². The van der Waals surface area contributed by atoms with Gasteiger partial charge in [-0.2, -0.15) is 0 Å². The molecule has 0 amide bonds. The largest absolute Gasteiger partial charge is 0.496 e. The van der Waals surface area contributed by atoms with Crippen LogP contribution < -0.4 is 10.8 Å². The number of carbonyl (C=O) groups excluding carboxylic acids is 1. The van der Waals surface area contributed by atoms with Gasteiger partial charge in [0.05, 0.1) is 11.2 Å². The Balaban J connectivity index is 1.53. The number of rotatable bonds is 3. The minimum atomic E-state index is -0.477. The molecule has 5 nitrogen and oxygen atoms in total. The van der Waals surface area contributed by atoms with Crippen molar-refractivity contribution >= 4 is 18.4 Å². The van der Waals surface area contributed by atoms with E-state index in [1.165, 1.54) is 12.8 Å². The summed E-state index contributed by atoms with van der Waals surface area (Å²) in [6, 6.07) is 2.92. The van der Waals surface area contributed by atoms with Crippen molar-refractivity contribution in [1.29, 1.82) is 0 Å². The van der Waals surface area contributed by atoms with E-state index < -0.39 is 18.3 Å². The summed E-state index contributed by atoms with van der Waals surface area (Å²) in [5, 5.41) is 3.59. The topological polar surface area (TPSA) is 60.5 Å². The van der Waals surface area contributed by atoms with Crippen molar-refractivity contribution < 1.29 is 14.1 Å². The Hall–Kier alpha value is -1.24. The summed E-state index contributed by atoms with van der Waals surface area (Å²) in [6.07, 6.45) is 7.69. The number of fused-ring (bicyclic) bond motifs is 2. The summed E-state index contributed by atoms with van der Waals surface area (Å²) in [7, 11) is -0.477. The van der Waals surface area contributed by atoms with Crippen LogP contribution in [0.5, 0.6) is 0 Å². The molecule has 0 aliphatic carbocycles. The number of ketones is 1. The zero-order valence-corrected chi connectivity index (χ0v) is 15.5. The van der Waals surface area contributed by atoms with Gasteiger partial charge in [0.2, 0.25) is 0 Å². The summed E-state index contributed by atoms with van der Waals surface area (Å²) in [6.45, 7) is 8.11. The molecule has 3 aliphatic heterocycles. The number of piperidine rings is 1. The van der Waals surface area contributed by atoms with E-state index >= 15 is 0 Å². The second-order valence-electron chi connectivity index (χ2n) is 8.77. The van der Waals surface area contributed by atoms with Crippen LogP contribution in [0.15, 0.2) is 18.5 Å². The first-order chi connectivity index (χ1) is 11.7. The molecule has 6 heteroatoms. The number of nitrogens with zero attached hydrogens (tertiary/aromatic N) is 1. The lowest BCUT2D eigenvalue weighted by Crippen LogP contribution is -2.41. The van der Waals surface area contributed by atoms with E-state index in [2.05, 4.69) is 10.3 Å². The molecule has 3 saturated heterocycles. The van der Waals surface area contributed by atoms with Gasteiger partial charge in [-0.1, -0.05) is 0 Å². The number of aromatic nitrogens is 1. The van der Waals surface area contributed by atoms with Crippen LogP contribution in [0, 0.1) is 5.92 Å². The van der Waals surface area contributed by atoms with Crippen molar-refractivity contribution in [3.8, 4) is 0 Å². The molecule has 4 rings (SSSR count). The summed E-state index contributed by atoms with van der Waals surface area (Å²) >= 11 is 0. The summed E-state index contributed by atoms with van der Waals surface area (Å²) in [5.41, 5.74) is 0.706. The maximum Gasteiger partial charge on any atom is 0.496 e. The number of Topliss-reactive ketones (excluding diaryl/α,β-unsaturated/α-hetero) is 1. The molecule has 1 aromatic rings. The summed E-state index contributed by atoms with van der Waals surface area (Å²) in [5.74, 6) is 0.318. The first-order valence-electron chi connectivity index (χ1n) is 9.36. The third-order valence-electron chi connectivity index (χ3n) is 6.41. The van der Waals surface area contributed by atoms with Gasteiger partial charge >= 0.3 is 7.12 Å². The predicted molar refractivity (Wildman–Crippen MR) is 97.0 cm³/mol. The lowest BCUT2D eigenvalue weighted by Gasteiger charge is -2.32. The highest BCUT2D eigenvalue weighted by Crippen LogP contribution is 2.36. The first-order valence-corrected chi connectivity index (χ1v) is 9.36. The maximum atomic E-state index is 13.0. The van der Waals surface area contributed by atoms with Crippen molar-refractivity contribution in [3.63, 3.8) is 0 Å². The highest BCUT2D eigenvalue weighted by atomic mass is 16.7. The van der Waals surface area contributed by atoms with E-state index in [-0.39, 0.29) is 11.7 Å². The van der Waals surface area contributed by atoms with Crippen molar-refractivity contribution in [2.24, 2.45) is 5.92 Å². The quantitative estimate of drug-likeness (QED) is 0.673. The second kappa shape index (κ2) is 5.90. The normalized spacial score (nSPS) is 32.8. The Bertz CT molecular complexity index is 663. The SMILES string of the molecule is CC1(C)OB(c2cncc(C(=O)C3CC4CCC(C3)N4)c2)OC1(C)C. The number of carbonyl (C=O) groups is 1. The summed E-state index contributed by atoms with van der Waals surface area (Å²) in [4.78, 5) is 17.3. The molecular formula is C19H27BN2O3. The molecule has 2 unspecified atom stereocenters. The Morgan fingerprint density at radius 1 is 1.12 bits per heavy atom. The predicted octanol–water partition coefficient (Wildman–Crippen LogP) is 2.09. The van der Waals surface area contributed by atoms with Gasteiger partial charge in [0.1, 0.15) is 0 Å². The molecule has 0 radical (unpaired) electrons. The standard InChI is InChI=1S/C19H27BN2O3/c1-18(2)19(3,4)25-20(24-18)14-7-13(10-21-11-14)17(23)12-8-15-5-6-16(9-12)22-15/h7,10-12,15-16,22H,5-6,8-9H2,1-4H3. The highest BCUT2D eigenvalue weighted by molar-refractivity contribution is 6.62. The van der Waals surface area contributed by atoms with Gasteiger partial charge in [0, 0.05) is 41.4 Å². The van der Waals surface area contributed by atoms with Crippen LogP contribution in [0.25, 0.3) is 0 Å². The fraction of sp³-hybridized carbons (Fsp3) is 0.684. The Kier molecular flexibility index (Phi) is 4.06. The number of nitrogens with one attached hydrogen (secondary N) is 1. The van der Waals surface area contributed by atoms with Crippen molar-refractivity contribution in [3.05, 3.63) is 24.0 Å². The highest BCUT2D eigenvalue weighted by Gasteiger charge is 2.52. The monoisotopic (exact) mass is 342 g/mol. The average Bonchev–Trinajstić information content (AvgIpc) is 3.01. The van der Waals surface area contributed by atoms with E-state index in [1.807, 2.05) is 33.8 Å². The zero-order chi connectivity index (χ0) is 17.8. The molecule has 134 valence electrons. The van der Waals surface area contributed by atoms with Crippen molar-refractivity contribution in [2.75, 3.05) is 0 Å². The minimum Gasteiger partial charge on any atom is -0.399 e. The van der Waals surface area contributed by atoms with Crippen molar-refractivity contribution in [2.45, 2.75) is 76.7 Å². The van der Waals surface area contributed by atoms with Crippen LogP contribution in [0.4, 0.5) is 0 Å². The maximum absolute atomic E-state index is 13.0. The van der Waals surface area contributed by atoms with Gasteiger partial charge in [0.25, 0.3) is 0 Å². The Morgan fingerprint density at radius 3 is 2.32 bits per heavy atom. The van der Waals surface area contributed by atoms with E-state index in [1.54, 1.807) is 12.4 Å². The third kappa shape index (κ3) is 3.05.